The van der Waals surface area contributed by atoms with Gasteiger partial charge in [0, 0.05) is 0 Å². The molecule has 0 saturated carbocycles. The van der Waals surface area contributed by atoms with E-state index in [0.717, 1.165) is 5.75 Å². The molecule has 0 amide bonds. The van der Waals surface area contributed by atoms with E-state index in [1.807, 2.05) is 30.3 Å². The van der Waals surface area contributed by atoms with Gasteiger partial charge in [-0.15, -0.1) is 0 Å². The first kappa shape index (κ1) is 11.5. The van der Waals surface area contributed by atoms with Gasteiger partial charge in [-0.25, -0.2) is 0 Å². The summed E-state index contributed by atoms with van der Waals surface area (Å²) in [5.74, 6) is 0.348. The molecule has 1 aromatic carbocycles. The van der Waals surface area contributed by atoms with E-state index in [1.165, 1.54) is 0 Å². The molecule has 1 aromatic rings. The number of carbonyl (C=O) groups excluding carboxylic acids is 1. The zero-order chi connectivity index (χ0) is 11.1. The first-order chi connectivity index (χ1) is 7.20. The van der Waals surface area contributed by atoms with E-state index < -0.39 is 12.0 Å². The van der Waals surface area contributed by atoms with E-state index >= 15 is 0 Å². The third-order valence-electron chi connectivity index (χ3n) is 1.71. The highest BCUT2D eigenvalue weighted by molar-refractivity contribution is 5.74. The summed E-state index contributed by atoms with van der Waals surface area (Å²) in [6.07, 6.45) is 0. The Morgan fingerprint density at radius 2 is 2.00 bits per heavy atom. The van der Waals surface area contributed by atoms with Crippen molar-refractivity contribution in [3.05, 3.63) is 30.3 Å². The predicted octanol–water partition coefficient (Wildman–Crippen LogP) is 0.956. The van der Waals surface area contributed by atoms with Crippen molar-refractivity contribution in [3.8, 4) is 5.75 Å². The van der Waals surface area contributed by atoms with Crippen LogP contribution in [-0.2, 0) is 9.53 Å². The molecule has 0 unspecified atom stereocenters. The Kier molecular flexibility index (Phi) is 4.63. The topological polar surface area (TPSA) is 61.6 Å². The second kappa shape index (κ2) is 6.03. The zero-order valence-electron chi connectivity index (χ0n) is 8.68. The Bertz CT molecular complexity index is 298. The number of esters is 1. The molecule has 0 heterocycles. The molecule has 0 aromatic heterocycles. The number of ether oxygens (including phenoxy) is 2. The molecule has 1 rings (SSSR count). The molecule has 0 saturated heterocycles. The molecule has 0 radical (unpaired) electrons. The second-order valence-electron chi connectivity index (χ2n) is 3.12. The molecular formula is C11H15NO3. The molecule has 4 nitrogen and oxygen atoms in total. The number of rotatable bonds is 5. The minimum absolute atomic E-state index is 0.218. The lowest BCUT2D eigenvalue weighted by molar-refractivity contribution is -0.145. The molecule has 0 aliphatic heterocycles. The lowest BCUT2D eigenvalue weighted by atomic mass is 10.3. The summed E-state index contributed by atoms with van der Waals surface area (Å²) in [7, 11) is 0. The summed E-state index contributed by atoms with van der Waals surface area (Å²) in [6, 6.07) is 8.76. The molecule has 15 heavy (non-hydrogen) atoms. The molecule has 82 valence electrons. The quantitative estimate of drug-likeness (QED) is 0.579. The minimum Gasteiger partial charge on any atom is -0.490 e. The summed E-state index contributed by atoms with van der Waals surface area (Å²) < 4.78 is 10.2. The van der Waals surface area contributed by atoms with Crippen LogP contribution in [0.3, 0.4) is 0 Å². The van der Waals surface area contributed by atoms with Crippen molar-refractivity contribution >= 4 is 5.97 Å². The van der Waals surface area contributed by atoms with Crippen molar-refractivity contribution in [2.45, 2.75) is 13.0 Å². The second-order valence-corrected chi connectivity index (χ2v) is 3.12. The van der Waals surface area contributed by atoms with Crippen molar-refractivity contribution in [3.63, 3.8) is 0 Å². The van der Waals surface area contributed by atoms with Gasteiger partial charge in [0.25, 0.3) is 0 Å². The van der Waals surface area contributed by atoms with E-state index in [9.17, 15) is 4.79 Å². The first-order valence-corrected chi connectivity index (χ1v) is 4.80. The highest BCUT2D eigenvalue weighted by Gasteiger charge is 2.07. The van der Waals surface area contributed by atoms with Gasteiger partial charge in [0.15, 0.2) is 0 Å². The Labute approximate surface area is 89.0 Å². The summed E-state index contributed by atoms with van der Waals surface area (Å²) in [5, 5.41) is 0. The Balaban J connectivity index is 2.15. The van der Waals surface area contributed by atoms with Crippen molar-refractivity contribution in [2.75, 3.05) is 13.2 Å². The Morgan fingerprint density at radius 1 is 1.33 bits per heavy atom. The molecule has 0 fully saturated rings. The highest BCUT2D eigenvalue weighted by Crippen LogP contribution is 2.07. The maximum Gasteiger partial charge on any atom is 0.322 e. The van der Waals surface area contributed by atoms with Crippen LogP contribution in [0.25, 0.3) is 0 Å². The van der Waals surface area contributed by atoms with Gasteiger partial charge in [-0.1, -0.05) is 18.2 Å². The number of para-hydroxylation sites is 1. The number of hydrogen-bond acceptors (Lipinski definition) is 4. The lowest BCUT2D eigenvalue weighted by Gasteiger charge is -2.08. The molecule has 1 atom stereocenters. The largest absolute Gasteiger partial charge is 0.490 e. The van der Waals surface area contributed by atoms with E-state index in [2.05, 4.69) is 0 Å². The van der Waals surface area contributed by atoms with Crippen LogP contribution in [0.2, 0.25) is 0 Å². The van der Waals surface area contributed by atoms with Gasteiger partial charge >= 0.3 is 5.97 Å². The summed E-state index contributed by atoms with van der Waals surface area (Å²) >= 11 is 0. The summed E-state index contributed by atoms with van der Waals surface area (Å²) in [6.45, 7) is 2.14. The van der Waals surface area contributed by atoms with Crippen molar-refractivity contribution in [1.82, 2.24) is 0 Å². The molecule has 0 aliphatic rings. The molecule has 0 bridgehead atoms. The smallest absolute Gasteiger partial charge is 0.322 e. The SMILES string of the molecule is C[C@H](N)C(=O)OCCOc1ccccc1. The number of hydrogen-bond donors (Lipinski definition) is 1. The normalized spacial score (nSPS) is 11.9. The van der Waals surface area contributed by atoms with E-state index in [0.29, 0.717) is 6.61 Å². The average molecular weight is 209 g/mol. The van der Waals surface area contributed by atoms with Crippen LogP contribution in [0.1, 0.15) is 6.92 Å². The van der Waals surface area contributed by atoms with Crippen molar-refractivity contribution < 1.29 is 14.3 Å². The maximum absolute atomic E-state index is 11.0. The monoisotopic (exact) mass is 209 g/mol. The molecule has 4 heteroatoms. The van der Waals surface area contributed by atoms with Crippen LogP contribution in [0.5, 0.6) is 5.75 Å². The van der Waals surface area contributed by atoms with Gasteiger partial charge in [-0.05, 0) is 19.1 Å². The molecule has 2 N–H and O–H groups in total. The maximum atomic E-state index is 11.0. The number of carbonyl (C=O) groups is 1. The van der Waals surface area contributed by atoms with Crippen LogP contribution in [0, 0.1) is 0 Å². The van der Waals surface area contributed by atoms with E-state index in [1.54, 1.807) is 6.92 Å². The third-order valence-corrected chi connectivity index (χ3v) is 1.71. The van der Waals surface area contributed by atoms with Crippen molar-refractivity contribution in [2.24, 2.45) is 5.73 Å². The Morgan fingerprint density at radius 3 is 2.60 bits per heavy atom. The zero-order valence-corrected chi connectivity index (χ0v) is 8.68. The van der Waals surface area contributed by atoms with Crippen LogP contribution in [0.15, 0.2) is 30.3 Å². The Hall–Kier alpha value is -1.55. The van der Waals surface area contributed by atoms with Gasteiger partial charge in [0.2, 0.25) is 0 Å². The number of benzene rings is 1. The molecule has 0 spiro atoms. The van der Waals surface area contributed by atoms with E-state index in [-0.39, 0.29) is 6.61 Å². The van der Waals surface area contributed by atoms with Gasteiger partial charge < -0.3 is 15.2 Å². The van der Waals surface area contributed by atoms with Crippen LogP contribution in [0.4, 0.5) is 0 Å². The van der Waals surface area contributed by atoms with E-state index in [4.69, 9.17) is 15.2 Å². The summed E-state index contributed by atoms with van der Waals surface area (Å²) in [4.78, 5) is 11.0. The first-order valence-electron chi connectivity index (χ1n) is 4.80. The van der Waals surface area contributed by atoms with Gasteiger partial charge in [-0.3, -0.25) is 4.79 Å². The van der Waals surface area contributed by atoms with Gasteiger partial charge in [0.1, 0.15) is 25.0 Å². The minimum atomic E-state index is -0.582. The van der Waals surface area contributed by atoms with Crippen molar-refractivity contribution in [1.29, 1.82) is 0 Å². The standard InChI is InChI=1S/C11H15NO3/c1-9(12)11(13)15-8-7-14-10-5-3-2-4-6-10/h2-6,9H,7-8,12H2,1H3/t9-/m0/s1. The van der Waals surface area contributed by atoms with Crippen LogP contribution < -0.4 is 10.5 Å². The average Bonchev–Trinajstić information content (AvgIpc) is 2.25. The fourth-order valence-corrected chi connectivity index (χ4v) is 0.950. The lowest BCUT2D eigenvalue weighted by Crippen LogP contribution is -2.29. The third kappa shape index (κ3) is 4.46. The van der Waals surface area contributed by atoms with Gasteiger partial charge in [0.05, 0.1) is 0 Å². The molecule has 0 aliphatic carbocycles. The highest BCUT2D eigenvalue weighted by atomic mass is 16.6. The van der Waals surface area contributed by atoms with Gasteiger partial charge in [-0.2, -0.15) is 0 Å². The van der Waals surface area contributed by atoms with Crippen LogP contribution in [-0.4, -0.2) is 25.2 Å². The fourth-order valence-electron chi connectivity index (χ4n) is 0.950. The predicted molar refractivity (Wildman–Crippen MR) is 56.5 cm³/mol. The number of nitrogens with two attached hydrogens (primary N) is 1. The fraction of sp³-hybridized carbons (Fsp3) is 0.364. The molecular weight excluding hydrogens is 194 g/mol. The summed E-state index contributed by atoms with van der Waals surface area (Å²) in [5.41, 5.74) is 5.31. The van der Waals surface area contributed by atoms with Crippen LogP contribution >= 0.6 is 0 Å².